The minimum absolute atomic E-state index is 0.460. The van der Waals surface area contributed by atoms with Crippen LogP contribution in [0.3, 0.4) is 0 Å². The standard InChI is InChI=1S/C15H17NOS/c1-10-4-6-14(11(2)8-10)18-15-7-5-13(9-16-15)12(3)17/h4-9,12,17H,1-3H3. The third-order valence-corrected chi connectivity index (χ3v) is 3.92. The fraction of sp³-hybridized carbons (Fsp3) is 0.267. The molecule has 0 radical (unpaired) electrons. The smallest absolute Gasteiger partial charge is 0.101 e. The second kappa shape index (κ2) is 5.55. The molecule has 1 aromatic heterocycles. The van der Waals surface area contributed by atoms with Crippen molar-refractivity contribution < 1.29 is 5.11 Å². The largest absolute Gasteiger partial charge is 0.389 e. The SMILES string of the molecule is Cc1ccc(Sc2ccc(C(C)O)cn2)c(C)c1. The van der Waals surface area contributed by atoms with E-state index < -0.39 is 6.10 Å². The Balaban J connectivity index is 2.18. The molecule has 2 aromatic rings. The molecule has 1 heterocycles. The number of nitrogens with zero attached hydrogens (tertiary/aromatic N) is 1. The van der Waals surface area contributed by atoms with E-state index in [1.54, 1.807) is 24.9 Å². The van der Waals surface area contributed by atoms with E-state index in [-0.39, 0.29) is 0 Å². The lowest BCUT2D eigenvalue weighted by atomic mass is 10.2. The van der Waals surface area contributed by atoms with Crippen LogP contribution in [0.1, 0.15) is 29.7 Å². The topological polar surface area (TPSA) is 33.1 Å². The van der Waals surface area contributed by atoms with Gasteiger partial charge in [0.15, 0.2) is 0 Å². The van der Waals surface area contributed by atoms with Crippen LogP contribution in [0.2, 0.25) is 0 Å². The molecule has 0 saturated heterocycles. The van der Waals surface area contributed by atoms with Crippen molar-refractivity contribution in [1.29, 1.82) is 0 Å². The van der Waals surface area contributed by atoms with Crippen molar-refractivity contribution in [3.05, 3.63) is 53.2 Å². The van der Waals surface area contributed by atoms with Crippen molar-refractivity contribution in [2.45, 2.75) is 36.8 Å². The van der Waals surface area contributed by atoms with Gasteiger partial charge in [0.2, 0.25) is 0 Å². The molecule has 0 aliphatic heterocycles. The molecular formula is C15H17NOS. The van der Waals surface area contributed by atoms with E-state index in [1.807, 2.05) is 12.1 Å². The van der Waals surface area contributed by atoms with Crippen LogP contribution in [-0.4, -0.2) is 10.1 Å². The number of aliphatic hydroxyl groups is 1. The third kappa shape index (κ3) is 3.12. The molecule has 0 amide bonds. The molecule has 94 valence electrons. The lowest BCUT2D eigenvalue weighted by Gasteiger charge is -2.07. The van der Waals surface area contributed by atoms with E-state index in [0.717, 1.165) is 10.6 Å². The summed E-state index contributed by atoms with van der Waals surface area (Å²) in [6.45, 7) is 5.95. The molecule has 2 nitrogen and oxygen atoms in total. The zero-order chi connectivity index (χ0) is 13.1. The number of hydrogen-bond acceptors (Lipinski definition) is 3. The first-order chi connectivity index (χ1) is 8.56. The van der Waals surface area contributed by atoms with Crippen LogP contribution < -0.4 is 0 Å². The summed E-state index contributed by atoms with van der Waals surface area (Å²) in [5.74, 6) is 0. The maximum Gasteiger partial charge on any atom is 0.101 e. The van der Waals surface area contributed by atoms with Crippen molar-refractivity contribution in [2.75, 3.05) is 0 Å². The fourth-order valence-electron chi connectivity index (χ4n) is 1.73. The molecule has 1 aromatic carbocycles. The molecule has 1 N–H and O–H groups in total. The van der Waals surface area contributed by atoms with Crippen LogP contribution in [0.5, 0.6) is 0 Å². The molecule has 0 spiro atoms. The molecule has 0 aliphatic rings. The summed E-state index contributed by atoms with van der Waals surface area (Å²) in [6.07, 6.45) is 1.27. The van der Waals surface area contributed by atoms with Crippen molar-refractivity contribution in [3.63, 3.8) is 0 Å². The zero-order valence-electron chi connectivity index (χ0n) is 10.8. The number of benzene rings is 1. The molecule has 0 bridgehead atoms. The van der Waals surface area contributed by atoms with Crippen LogP contribution in [-0.2, 0) is 0 Å². The number of pyridine rings is 1. The van der Waals surface area contributed by atoms with Crippen LogP contribution in [0.15, 0.2) is 46.5 Å². The highest BCUT2D eigenvalue weighted by molar-refractivity contribution is 7.99. The van der Waals surface area contributed by atoms with Crippen LogP contribution in [0.4, 0.5) is 0 Å². The lowest BCUT2D eigenvalue weighted by molar-refractivity contribution is 0.198. The zero-order valence-corrected chi connectivity index (χ0v) is 11.7. The van der Waals surface area contributed by atoms with Gasteiger partial charge in [-0.3, -0.25) is 0 Å². The van der Waals surface area contributed by atoms with E-state index in [4.69, 9.17) is 0 Å². The van der Waals surface area contributed by atoms with Gasteiger partial charge in [0.05, 0.1) is 6.10 Å². The van der Waals surface area contributed by atoms with Gasteiger partial charge >= 0.3 is 0 Å². The van der Waals surface area contributed by atoms with Crippen molar-refractivity contribution in [1.82, 2.24) is 4.98 Å². The van der Waals surface area contributed by atoms with Gasteiger partial charge in [0.25, 0.3) is 0 Å². The second-order valence-electron chi connectivity index (χ2n) is 4.48. The molecule has 3 heteroatoms. The van der Waals surface area contributed by atoms with Crippen LogP contribution in [0, 0.1) is 13.8 Å². The molecule has 1 unspecified atom stereocenters. The Morgan fingerprint density at radius 3 is 2.50 bits per heavy atom. The van der Waals surface area contributed by atoms with E-state index >= 15 is 0 Å². The van der Waals surface area contributed by atoms with E-state index in [0.29, 0.717) is 0 Å². The summed E-state index contributed by atoms with van der Waals surface area (Å²) in [5.41, 5.74) is 3.38. The molecule has 18 heavy (non-hydrogen) atoms. The van der Waals surface area contributed by atoms with Gasteiger partial charge in [-0.1, -0.05) is 35.5 Å². The molecule has 0 saturated carbocycles. The minimum Gasteiger partial charge on any atom is -0.389 e. The van der Waals surface area contributed by atoms with Gasteiger partial charge in [-0.25, -0.2) is 4.98 Å². The Morgan fingerprint density at radius 1 is 1.17 bits per heavy atom. The van der Waals surface area contributed by atoms with Crippen molar-refractivity contribution in [3.8, 4) is 0 Å². The van der Waals surface area contributed by atoms with E-state index in [1.165, 1.54) is 16.0 Å². The first-order valence-electron chi connectivity index (χ1n) is 5.95. The van der Waals surface area contributed by atoms with Gasteiger partial charge in [-0.2, -0.15) is 0 Å². The Labute approximate surface area is 112 Å². The predicted molar refractivity (Wildman–Crippen MR) is 74.9 cm³/mol. The summed E-state index contributed by atoms with van der Waals surface area (Å²) in [4.78, 5) is 5.58. The van der Waals surface area contributed by atoms with Gasteiger partial charge in [-0.15, -0.1) is 0 Å². The molecule has 0 aliphatic carbocycles. The van der Waals surface area contributed by atoms with E-state index in [2.05, 4.69) is 37.0 Å². The number of rotatable bonds is 3. The Hall–Kier alpha value is -1.32. The van der Waals surface area contributed by atoms with Gasteiger partial charge in [0.1, 0.15) is 5.03 Å². The first-order valence-corrected chi connectivity index (χ1v) is 6.77. The average molecular weight is 259 g/mol. The second-order valence-corrected chi connectivity index (χ2v) is 5.54. The molecule has 1 atom stereocenters. The van der Waals surface area contributed by atoms with Crippen molar-refractivity contribution >= 4 is 11.8 Å². The van der Waals surface area contributed by atoms with Gasteiger partial charge in [0, 0.05) is 11.1 Å². The number of hydrogen-bond donors (Lipinski definition) is 1. The predicted octanol–water partition coefficient (Wildman–Crippen LogP) is 3.90. The lowest BCUT2D eigenvalue weighted by Crippen LogP contribution is -1.92. The average Bonchev–Trinajstić information content (AvgIpc) is 2.33. The normalized spacial score (nSPS) is 12.4. The summed E-state index contributed by atoms with van der Waals surface area (Å²) >= 11 is 1.65. The number of aromatic nitrogens is 1. The summed E-state index contributed by atoms with van der Waals surface area (Å²) in [6, 6.07) is 10.3. The Morgan fingerprint density at radius 2 is 1.94 bits per heavy atom. The fourth-order valence-corrected chi connectivity index (χ4v) is 2.55. The highest BCUT2D eigenvalue weighted by atomic mass is 32.2. The minimum atomic E-state index is -0.460. The maximum atomic E-state index is 9.43. The highest BCUT2D eigenvalue weighted by Gasteiger charge is 2.04. The highest BCUT2D eigenvalue weighted by Crippen LogP contribution is 2.29. The summed E-state index contributed by atoms with van der Waals surface area (Å²) < 4.78 is 0. The quantitative estimate of drug-likeness (QED) is 0.907. The Bertz CT molecular complexity index is 535. The van der Waals surface area contributed by atoms with Crippen LogP contribution >= 0.6 is 11.8 Å². The Kier molecular flexibility index (Phi) is 4.04. The summed E-state index contributed by atoms with van der Waals surface area (Å²) in [5, 5.41) is 10.4. The van der Waals surface area contributed by atoms with Gasteiger partial charge in [-0.05, 0) is 44.0 Å². The molecular weight excluding hydrogens is 242 g/mol. The first kappa shape index (κ1) is 13.1. The monoisotopic (exact) mass is 259 g/mol. The molecule has 0 fully saturated rings. The third-order valence-electron chi connectivity index (χ3n) is 2.79. The van der Waals surface area contributed by atoms with Crippen LogP contribution in [0.25, 0.3) is 0 Å². The summed E-state index contributed by atoms with van der Waals surface area (Å²) in [7, 11) is 0. The number of aliphatic hydroxyl groups excluding tert-OH is 1. The van der Waals surface area contributed by atoms with Gasteiger partial charge < -0.3 is 5.11 Å². The maximum absolute atomic E-state index is 9.43. The number of aryl methyl sites for hydroxylation is 2. The molecule has 2 rings (SSSR count). The van der Waals surface area contributed by atoms with Crippen molar-refractivity contribution in [2.24, 2.45) is 0 Å². The van der Waals surface area contributed by atoms with E-state index in [9.17, 15) is 5.11 Å².